The molecule has 4 aliphatic carbocycles. The minimum Gasteiger partial charge on any atom is -0.368 e. The van der Waals surface area contributed by atoms with Gasteiger partial charge in [-0.25, -0.2) is 0 Å². The van der Waals surface area contributed by atoms with Crippen LogP contribution in [-0.4, -0.2) is 17.9 Å². The van der Waals surface area contributed by atoms with E-state index in [1.807, 2.05) is 0 Å². The lowest BCUT2D eigenvalue weighted by atomic mass is 9.49. The third-order valence-corrected chi connectivity index (χ3v) is 6.10. The summed E-state index contributed by atoms with van der Waals surface area (Å²) in [6.07, 6.45) is 6.92. The van der Waals surface area contributed by atoms with Crippen LogP contribution in [-0.2, 0) is 9.59 Å². The third-order valence-electron chi connectivity index (χ3n) is 6.10. The summed E-state index contributed by atoms with van der Waals surface area (Å²) in [6.45, 7) is 1.79. The van der Waals surface area contributed by atoms with Crippen molar-refractivity contribution in [1.29, 1.82) is 5.26 Å². The van der Waals surface area contributed by atoms with E-state index in [0.717, 1.165) is 19.3 Å². The lowest BCUT2D eigenvalue weighted by Gasteiger charge is -2.55. The fourth-order valence-electron chi connectivity index (χ4n) is 5.44. The van der Waals surface area contributed by atoms with Gasteiger partial charge in [0.2, 0.25) is 11.8 Å². The molecule has 120 valence electrons. The highest BCUT2D eigenvalue weighted by molar-refractivity contribution is 5.89. The fourth-order valence-corrected chi connectivity index (χ4v) is 5.44. The normalized spacial score (nSPS) is 38.1. The molecule has 22 heavy (non-hydrogen) atoms. The molecule has 0 heterocycles. The smallest absolute Gasteiger partial charge is 0.240 e. The SMILES string of the molecule is C[C@@H](CC#N)[C@H](NC(=O)C12CC3CC(CC(C3)C1)C2)C(N)=O. The Morgan fingerprint density at radius 1 is 1.23 bits per heavy atom. The molecule has 0 aromatic carbocycles. The Bertz CT molecular complexity index is 487. The zero-order valence-corrected chi connectivity index (χ0v) is 13.2. The molecule has 3 N–H and O–H groups in total. The molecule has 5 nitrogen and oxygen atoms in total. The van der Waals surface area contributed by atoms with Crippen LogP contribution < -0.4 is 11.1 Å². The lowest BCUT2D eigenvalue weighted by Crippen LogP contribution is -2.58. The summed E-state index contributed by atoms with van der Waals surface area (Å²) >= 11 is 0. The van der Waals surface area contributed by atoms with Gasteiger partial charge in [0, 0.05) is 11.8 Å². The molecule has 0 aliphatic heterocycles. The van der Waals surface area contributed by atoms with Gasteiger partial charge in [-0.3, -0.25) is 9.59 Å². The number of amides is 2. The molecule has 4 bridgehead atoms. The standard InChI is InChI=1S/C17H25N3O2/c1-10(2-3-18)14(15(19)21)20-16(22)17-7-11-4-12(8-17)6-13(5-11)9-17/h10-14H,2,4-9H2,1H3,(H2,19,21)(H,20,22)/t10-,11?,12?,13?,14-,17?/m0/s1. The van der Waals surface area contributed by atoms with Crippen LogP contribution >= 0.6 is 0 Å². The van der Waals surface area contributed by atoms with Crippen molar-refractivity contribution in [3.05, 3.63) is 0 Å². The number of nitrogens with one attached hydrogen (secondary N) is 1. The summed E-state index contributed by atoms with van der Waals surface area (Å²) in [5, 5.41) is 11.7. The van der Waals surface area contributed by atoms with Gasteiger partial charge in [-0.1, -0.05) is 6.92 Å². The molecular formula is C17H25N3O2. The number of nitrogens with two attached hydrogens (primary N) is 1. The highest BCUT2D eigenvalue weighted by atomic mass is 16.2. The van der Waals surface area contributed by atoms with Gasteiger partial charge in [-0.2, -0.15) is 5.26 Å². The molecule has 0 aromatic heterocycles. The van der Waals surface area contributed by atoms with E-state index in [4.69, 9.17) is 11.0 Å². The molecule has 4 fully saturated rings. The number of carbonyl (C=O) groups is 2. The van der Waals surface area contributed by atoms with Crippen molar-refractivity contribution in [3.8, 4) is 6.07 Å². The fraction of sp³-hybridized carbons (Fsp3) is 0.824. The maximum Gasteiger partial charge on any atom is 0.240 e. The van der Waals surface area contributed by atoms with Gasteiger partial charge in [-0.15, -0.1) is 0 Å². The molecule has 5 heteroatoms. The van der Waals surface area contributed by atoms with Crippen LogP contribution in [0.15, 0.2) is 0 Å². The Morgan fingerprint density at radius 2 is 1.73 bits per heavy atom. The molecule has 0 unspecified atom stereocenters. The number of rotatable bonds is 5. The molecule has 2 amide bonds. The lowest BCUT2D eigenvalue weighted by molar-refractivity contribution is -0.148. The molecule has 4 rings (SSSR count). The Morgan fingerprint density at radius 3 is 2.14 bits per heavy atom. The maximum atomic E-state index is 12.9. The Kier molecular flexibility index (Phi) is 3.88. The van der Waals surface area contributed by atoms with Gasteiger partial charge in [0.15, 0.2) is 0 Å². The molecule has 0 saturated heterocycles. The minimum absolute atomic E-state index is 0.000176. The van der Waals surface area contributed by atoms with E-state index < -0.39 is 11.9 Å². The Hall–Kier alpha value is -1.57. The number of primary amides is 1. The van der Waals surface area contributed by atoms with E-state index in [0.29, 0.717) is 17.8 Å². The van der Waals surface area contributed by atoms with Gasteiger partial charge in [0.05, 0.1) is 6.07 Å². The van der Waals surface area contributed by atoms with Gasteiger partial charge in [0.25, 0.3) is 0 Å². The number of nitriles is 1. The largest absolute Gasteiger partial charge is 0.368 e. The van der Waals surface area contributed by atoms with Crippen molar-refractivity contribution in [1.82, 2.24) is 5.32 Å². The first-order valence-corrected chi connectivity index (χ1v) is 8.41. The number of nitrogens with zero attached hydrogens (tertiary/aromatic N) is 1. The van der Waals surface area contributed by atoms with E-state index in [-0.39, 0.29) is 23.7 Å². The van der Waals surface area contributed by atoms with Crippen molar-refractivity contribution in [2.45, 2.75) is 57.9 Å². The van der Waals surface area contributed by atoms with E-state index in [1.165, 1.54) is 19.3 Å². The van der Waals surface area contributed by atoms with Crippen LogP contribution in [0.5, 0.6) is 0 Å². The van der Waals surface area contributed by atoms with Gasteiger partial charge in [0.1, 0.15) is 6.04 Å². The van der Waals surface area contributed by atoms with Crippen molar-refractivity contribution in [2.24, 2.45) is 34.8 Å². The monoisotopic (exact) mass is 303 g/mol. The molecule has 4 aliphatic rings. The zero-order valence-electron chi connectivity index (χ0n) is 13.2. The summed E-state index contributed by atoms with van der Waals surface area (Å²) in [7, 11) is 0. The van der Waals surface area contributed by atoms with Crippen LogP contribution in [0.2, 0.25) is 0 Å². The Labute approximate surface area is 131 Å². The van der Waals surface area contributed by atoms with E-state index >= 15 is 0 Å². The predicted octanol–water partition coefficient (Wildman–Crippen LogP) is 1.72. The topological polar surface area (TPSA) is 96.0 Å². The zero-order chi connectivity index (χ0) is 15.9. The van der Waals surface area contributed by atoms with E-state index in [1.54, 1.807) is 6.92 Å². The van der Waals surface area contributed by atoms with E-state index in [9.17, 15) is 9.59 Å². The average molecular weight is 303 g/mol. The first-order valence-electron chi connectivity index (χ1n) is 8.41. The second-order valence-electron chi connectivity index (χ2n) is 7.89. The van der Waals surface area contributed by atoms with Crippen LogP contribution in [0.1, 0.15) is 51.9 Å². The number of carbonyl (C=O) groups excluding carboxylic acids is 2. The van der Waals surface area contributed by atoms with Gasteiger partial charge in [-0.05, 0) is 62.2 Å². The first kappa shape index (κ1) is 15.3. The quantitative estimate of drug-likeness (QED) is 0.809. The van der Waals surface area contributed by atoms with Crippen LogP contribution in [0.3, 0.4) is 0 Å². The van der Waals surface area contributed by atoms with Gasteiger partial charge >= 0.3 is 0 Å². The van der Waals surface area contributed by atoms with Crippen molar-refractivity contribution < 1.29 is 9.59 Å². The molecule has 0 spiro atoms. The van der Waals surface area contributed by atoms with Crippen molar-refractivity contribution in [2.75, 3.05) is 0 Å². The Balaban J connectivity index is 1.73. The second-order valence-corrected chi connectivity index (χ2v) is 7.89. The van der Waals surface area contributed by atoms with Crippen molar-refractivity contribution >= 4 is 11.8 Å². The van der Waals surface area contributed by atoms with Gasteiger partial charge < -0.3 is 11.1 Å². The van der Waals surface area contributed by atoms with E-state index in [2.05, 4.69) is 11.4 Å². The molecule has 0 radical (unpaired) electrons. The molecule has 0 aromatic rings. The second kappa shape index (κ2) is 5.57. The average Bonchev–Trinajstić information content (AvgIpc) is 2.42. The maximum absolute atomic E-state index is 12.9. The molecule has 2 atom stereocenters. The van der Waals surface area contributed by atoms with Crippen molar-refractivity contribution in [3.63, 3.8) is 0 Å². The van der Waals surface area contributed by atoms with Crippen LogP contribution in [0.4, 0.5) is 0 Å². The summed E-state index contributed by atoms with van der Waals surface area (Å²) in [6, 6.07) is 1.32. The number of hydrogen-bond acceptors (Lipinski definition) is 3. The van der Waals surface area contributed by atoms with Crippen LogP contribution in [0, 0.1) is 40.4 Å². The minimum atomic E-state index is -0.736. The summed E-state index contributed by atoms with van der Waals surface area (Å²) in [5.74, 6) is 1.25. The summed E-state index contributed by atoms with van der Waals surface area (Å²) in [4.78, 5) is 24.6. The summed E-state index contributed by atoms with van der Waals surface area (Å²) in [5.41, 5.74) is 5.16. The third kappa shape index (κ3) is 2.60. The van der Waals surface area contributed by atoms with Crippen LogP contribution in [0.25, 0.3) is 0 Å². The first-order chi connectivity index (χ1) is 10.4. The molecule has 4 saturated carbocycles. The number of hydrogen-bond donors (Lipinski definition) is 2. The summed E-state index contributed by atoms with van der Waals surface area (Å²) < 4.78 is 0. The molecular weight excluding hydrogens is 278 g/mol. The predicted molar refractivity (Wildman–Crippen MR) is 81.1 cm³/mol. The highest BCUT2D eigenvalue weighted by Crippen LogP contribution is 2.60. The highest BCUT2D eigenvalue weighted by Gasteiger charge is 2.55.